The highest BCUT2D eigenvalue weighted by Gasteiger charge is 2.32. The van der Waals surface area contributed by atoms with E-state index in [0.717, 1.165) is 0 Å². The molecule has 1 amide bonds. The SMILES string of the molecule is CC1CN(S(=O)(=O)c2cccc(C(=O)OCC(=O)N(C)c3ccccc3)c2)CC(C)O1. The van der Waals surface area contributed by atoms with Crippen molar-refractivity contribution in [3.05, 3.63) is 60.2 Å². The first-order valence-electron chi connectivity index (χ1n) is 9.93. The van der Waals surface area contributed by atoms with Gasteiger partial charge < -0.3 is 14.4 Å². The quantitative estimate of drug-likeness (QED) is 0.632. The van der Waals surface area contributed by atoms with Crippen LogP contribution in [0.5, 0.6) is 0 Å². The molecule has 2 aromatic carbocycles. The summed E-state index contributed by atoms with van der Waals surface area (Å²) in [6, 6.07) is 14.6. The molecule has 2 unspecified atom stereocenters. The van der Waals surface area contributed by atoms with E-state index in [4.69, 9.17) is 9.47 Å². The first-order chi connectivity index (χ1) is 14.7. The Hall–Kier alpha value is -2.75. The predicted molar refractivity (Wildman–Crippen MR) is 115 cm³/mol. The highest BCUT2D eigenvalue weighted by atomic mass is 32.2. The van der Waals surface area contributed by atoms with Crippen molar-refractivity contribution in [2.24, 2.45) is 0 Å². The monoisotopic (exact) mass is 446 g/mol. The topological polar surface area (TPSA) is 93.2 Å². The van der Waals surface area contributed by atoms with E-state index in [1.807, 2.05) is 19.9 Å². The van der Waals surface area contributed by atoms with E-state index in [1.165, 1.54) is 33.5 Å². The van der Waals surface area contributed by atoms with Gasteiger partial charge in [-0.25, -0.2) is 13.2 Å². The van der Waals surface area contributed by atoms with Gasteiger partial charge in [-0.05, 0) is 44.2 Å². The third kappa shape index (κ3) is 5.49. The fraction of sp³-hybridized carbons (Fsp3) is 0.364. The number of hydrogen-bond donors (Lipinski definition) is 0. The number of nitrogens with zero attached hydrogens (tertiary/aromatic N) is 2. The van der Waals surface area contributed by atoms with Gasteiger partial charge in [-0.3, -0.25) is 4.79 Å². The Morgan fingerprint density at radius 2 is 1.71 bits per heavy atom. The summed E-state index contributed by atoms with van der Waals surface area (Å²) in [4.78, 5) is 26.1. The number of likely N-dealkylation sites (N-methyl/N-ethyl adjacent to an activating group) is 1. The van der Waals surface area contributed by atoms with E-state index < -0.39 is 28.5 Å². The molecule has 0 saturated carbocycles. The minimum absolute atomic E-state index is 0.00372. The van der Waals surface area contributed by atoms with Crippen molar-refractivity contribution >= 4 is 27.6 Å². The predicted octanol–water partition coefficient (Wildman–Crippen LogP) is 2.30. The average molecular weight is 447 g/mol. The fourth-order valence-electron chi connectivity index (χ4n) is 3.36. The third-order valence-corrected chi connectivity index (χ3v) is 6.77. The highest BCUT2D eigenvalue weighted by Crippen LogP contribution is 2.22. The molecule has 0 radical (unpaired) electrons. The summed E-state index contributed by atoms with van der Waals surface area (Å²) in [6.07, 6.45) is -0.446. The minimum Gasteiger partial charge on any atom is -0.452 e. The van der Waals surface area contributed by atoms with Crippen LogP contribution in [0.4, 0.5) is 5.69 Å². The lowest BCUT2D eigenvalue weighted by Gasteiger charge is -2.34. The summed E-state index contributed by atoms with van der Waals surface area (Å²) < 4.78 is 38.1. The van der Waals surface area contributed by atoms with Crippen LogP contribution in [0.1, 0.15) is 24.2 Å². The molecule has 166 valence electrons. The Morgan fingerprint density at radius 3 is 2.35 bits per heavy atom. The van der Waals surface area contributed by atoms with E-state index in [0.29, 0.717) is 5.69 Å². The zero-order chi connectivity index (χ0) is 22.6. The summed E-state index contributed by atoms with van der Waals surface area (Å²) in [7, 11) is -2.21. The van der Waals surface area contributed by atoms with Gasteiger partial charge in [0, 0.05) is 25.8 Å². The molecule has 0 aromatic heterocycles. The number of hydrogen-bond acceptors (Lipinski definition) is 6. The van der Waals surface area contributed by atoms with Crippen LogP contribution in [0.3, 0.4) is 0 Å². The number of ether oxygens (including phenoxy) is 2. The number of sulfonamides is 1. The second-order valence-electron chi connectivity index (χ2n) is 7.47. The van der Waals surface area contributed by atoms with Crippen molar-refractivity contribution in [1.29, 1.82) is 0 Å². The molecule has 2 atom stereocenters. The highest BCUT2D eigenvalue weighted by molar-refractivity contribution is 7.89. The maximum atomic E-state index is 13.0. The number of amides is 1. The van der Waals surface area contributed by atoms with Gasteiger partial charge in [0.15, 0.2) is 6.61 Å². The molecule has 31 heavy (non-hydrogen) atoms. The van der Waals surface area contributed by atoms with E-state index in [9.17, 15) is 18.0 Å². The van der Waals surface area contributed by atoms with Crippen LogP contribution in [0.15, 0.2) is 59.5 Å². The molecule has 0 bridgehead atoms. The summed E-state index contributed by atoms with van der Waals surface area (Å²) in [6.45, 7) is 3.65. The Labute approximate surface area is 182 Å². The van der Waals surface area contributed by atoms with Crippen molar-refractivity contribution in [3.63, 3.8) is 0 Å². The van der Waals surface area contributed by atoms with Gasteiger partial charge in [-0.15, -0.1) is 0 Å². The van der Waals surface area contributed by atoms with Crippen molar-refractivity contribution in [2.75, 3.05) is 31.6 Å². The molecule has 1 saturated heterocycles. The molecule has 0 spiro atoms. The van der Waals surface area contributed by atoms with Crippen LogP contribution in [-0.4, -0.2) is 63.6 Å². The second-order valence-corrected chi connectivity index (χ2v) is 9.41. The molecule has 2 aromatic rings. The molecule has 1 aliphatic heterocycles. The van der Waals surface area contributed by atoms with E-state index in [1.54, 1.807) is 31.3 Å². The normalized spacial score (nSPS) is 19.6. The Kier molecular flexibility index (Phi) is 7.09. The summed E-state index contributed by atoms with van der Waals surface area (Å²) in [5, 5.41) is 0. The Bertz CT molecular complexity index is 1030. The van der Waals surface area contributed by atoms with Gasteiger partial charge in [0.1, 0.15) is 0 Å². The summed E-state index contributed by atoms with van der Waals surface area (Å²) >= 11 is 0. The number of benzene rings is 2. The zero-order valence-corrected chi connectivity index (χ0v) is 18.5. The van der Waals surface area contributed by atoms with Crippen LogP contribution in [0.2, 0.25) is 0 Å². The van der Waals surface area contributed by atoms with Gasteiger partial charge >= 0.3 is 5.97 Å². The first-order valence-corrected chi connectivity index (χ1v) is 11.4. The minimum atomic E-state index is -3.79. The molecule has 1 fully saturated rings. The molecule has 0 N–H and O–H groups in total. The second kappa shape index (κ2) is 9.59. The summed E-state index contributed by atoms with van der Waals surface area (Å²) in [5.41, 5.74) is 0.733. The van der Waals surface area contributed by atoms with Gasteiger partial charge in [0.25, 0.3) is 5.91 Å². The lowest BCUT2D eigenvalue weighted by Crippen LogP contribution is -2.48. The maximum absolute atomic E-state index is 13.0. The molecule has 8 nitrogen and oxygen atoms in total. The number of anilines is 1. The van der Waals surface area contributed by atoms with E-state index >= 15 is 0 Å². The summed E-state index contributed by atoms with van der Waals surface area (Å²) in [5.74, 6) is -1.17. The van der Waals surface area contributed by atoms with Gasteiger partial charge in [0.2, 0.25) is 10.0 Å². The van der Waals surface area contributed by atoms with Crippen molar-refractivity contribution < 1.29 is 27.5 Å². The molecule has 1 aliphatic rings. The van der Waals surface area contributed by atoms with E-state index in [-0.39, 0.29) is 35.8 Å². The number of carbonyl (C=O) groups is 2. The molecule has 0 aliphatic carbocycles. The van der Waals surface area contributed by atoms with Crippen LogP contribution in [-0.2, 0) is 24.3 Å². The maximum Gasteiger partial charge on any atom is 0.338 e. The van der Waals surface area contributed by atoms with Gasteiger partial charge in [0.05, 0.1) is 22.7 Å². The molecule has 9 heteroatoms. The van der Waals surface area contributed by atoms with Crippen LogP contribution >= 0.6 is 0 Å². The average Bonchev–Trinajstić information content (AvgIpc) is 2.76. The van der Waals surface area contributed by atoms with Crippen molar-refractivity contribution in [2.45, 2.75) is 31.0 Å². The van der Waals surface area contributed by atoms with Crippen LogP contribution in [0, 0.1) is 0 Å². The van der Waals surface area contributed by atoms with Gasteiger partial charge in [-0.2, -0.15) is 4.31 Å². The molecular formula is C22H26N2O6S. The fourth-order valence-corrected chi connectivity index (χ4v) is 5.00. The standard InChI is InChI=1S/C22H26N2O6S/c1-16-13-24(14-17(2)30-16)31(27,28)20-11-7-8-18(12-20)22(26)29-15-21(25)23(3)19-9-5-4-6-10-19/h4-12,16-17H,13-15H2,1-3H3. The Balaban J connectivity index is 1.68. The lowest BCUT2D eigenvalue weighted by atomic mass is 10.2. The first kappa shape index (κ1) is 22.9. The smallest absolute Gasteiger partial charge is 0.338 e. The van der Waals surface area contributed by atoms with Gasteiger partial charge in [-0.1, -0.05) is 24.3 Å². The lowest BCUT2D eigenvalue weighted by molar-refractivity contribution is -0.121. The molecule has 1 heterocycles. The van der Waals surface area contributed by atoms with Crippen LogP contribution in [0.25, 0.3) is 0 Å². The van der Waals surface area contributed by atoms with E-state index in [2.05, 4.69) is 0 Å². The zero-order valence-electron chi connectivity index (χ0n) is 17.7. The number of para-hydroxylation sites is 1. The molecule has 3 rings (SSSR count). The largest absolute Gasteiger partial charge is 0.452 e. The van der Waals surface area contributed by atoms with Crippen molar-refractivity contribution in [1.82, 2.24) is 4.31 Å². The van der Waals surface area contributed by atoms with Crippen LogP contribution < -0.4 is 4.90 Å². The number of morpholine rings is 1. The number of carbonyl (C=O) groups excluding carboxylic acids is 2. The Morgan fingerprint density at radius 1 is 1.06 bits per heavy atom. The molecular weight excluding hydrogens is 420 g/mol. The number of esters is 1. The van der Waals surface area contributed by atoms with Crippen molar-refractivity contribution in [3.8, 4) is 0 Å². The number of rotatable bonds is 6. The third-order valence-electron chi connectivity index (χ3n) is 4.94.